The maximum atomic E-state index is 12.2. The Morgan fingerprint density at radius 1 is 0.875 bits per heavy atom. The largest absolute Gasteiger partial charge is 0.449 e. The van der Waals surface area contributed by atoms with Gasteiger partial charge in [0.25, 0.3) is 5.91 Å². The van der Waals surface area contributed by atoms with Crippen LogP contribution in [0.5, 0.6) is 0 Å². The van der Waals surface area contributed by atoms with E-state index in [4.69, 9.17) is 4.74 Å². The van der Waals surface area contributed by atoms with Crippen LogP contribution in [-0.2, 0) is 9.53 Å². The lowest BCUT2D eigenvalue weighted by molar-refractivity contribution is -0.123. The maximum absolute atomic E-state index is 12.2. The van der Waals surface area contributed by atoms with Gasteiger partial charge in [-0.1, -0.05) is 48.5 Å². The average Bonchev–Trinajstić information content (AvgIpc) is 2.62. The first-order valence-corrected chi connectivity index (χ1v) is 7.69. The standard InChI is InChI=1S/C20H17NO3/c1-14(24-20(23)16-8-3-2-4-9-16)19(22)21-18-12-11-15-7-5-6-10-17(15)13-18/h2-14H,1H3,(H,21,22)/t14-/m1/s1. The van der Waals surface area contributed by atoms with E-state index in [9.17, 15) is 9.59 Å². The van der Waals surface area contributed by atoms with Crippen LogP contribution < -0.4 is 5.32 Å². The predicted octanol–water partition coefficient (Wildman–Crippen LogP) is 4.02. The van der Waals surface area contributed by atoms with Gasteiger partial charge >= 0.3 is 5.97 Å². The number of rotatable bonds is 4. The van der Waals surface area contributed by atoms with Crippen molar-refractivity contribution in [1.82, 2.24) is 0 Å². The van der Waals surface area contributed by atoms with Gasteiger partial charge in [0.15, 0.2) is 6.10 Å². The summed E-state index contributed by atoms with van der Waals surface area (Å²) in [5.74, 6) is -0.883. The molecule has 3 aromatic carbocycles. The molecule has 1 atom stereocenters. The van der Waals surface area contributed by atoms with Crippen molar-refractivity contribution in [1.29, 1.82) is 0 Å². The van der Waals surface area contributed by atoms with E-state index in [-0.39, 0.29) is 5.91 Å². The number of anilines is 1. The number of fused-ring (bicyclic) bond motifs is 1. The van der Waals surface area contributed by atoms with Gasteiger partial charge < -0.3 is 10.1 Å². The highest BCUT2D eigenvalue weighted by Crippen LogP contribution is 2.19. The molecule has 0 aliphatic heterocycles. The summed E-state index contributed by atoms with van der Waals surface area (Å²) in [7, 11) is 0. The van der Waals surface area contributed by atoms with E-state index in [1.807, 2.05) is 48.5 Å². The van der Waals surface area contributed by atoms with Gasteiger partial charge in [-0.05, 0) is 42.0 Å². The third-order valence-corrected chi connectivity index (χ3v) is 3.68. The molecule has 3 aromatic rings. The van der Waals surface area contributed by atoms with Crippen molar-refractivity contribution in [2.75, 3.05) is 5.32 Å². The van der Waals surface area contributed by atoms with Crippen LogP contribution in [0.25, 0.3) is 10.8 Å². The molecule has 1 amide bonds. The van der Waals surface area contributed by atoms with Crippen LogP contribution in [0.2, 0.25) is 0 Å². The molecule has 0 heterocycles. The second-order valence-electron chi connectivity index (χ2n) is 5.46. The van der Waals surface area contributed by atoms with Crippen molar-refractivity contribution in [3.8, 4) is 0 Å². The topological polar surface area (TPSA) is 55.4 Å². The van der Waals surface area contributed by atoms with E-state index in [0.29, 0.717) is 11.3 Å². The fourth-order valence-electron chi connectivity index (χ4n) is 2.37. The summed E-state index contributed by atoms with van der Waals surface area (Å²) in [5.41, 5.74) is 1.09. The van der Waals surface area contributed by atoms with Gasteiger partial charge in [-0.25, -0.2) is 4.79 Å². The van der Waals surface area contributed by atoms with Crippen LogP contribution in [0, 0.1) is 0 Å². The molecule has 0 aromatic heterocycles. The lowest BCUT2D eigenvalue weighted by Crippen LogP contribution is -2.29. The summed E-state index contributed by atoms with van der Waals surface area (Å²) in [4.78, 5) is 24.2. The molecule has 0 saturated carbocycles. The van der Waals surface area contributed by atoms with Crippen LogP contribution in [0.1, 0.15) is 17.3 Å². The van der Waals surface area contributed by atoms with Crippen molar-refractivity contribution in [3.05, 3.63) is 78.4 Å². The first kappa shape index (κ1) is 15.7. The highest BCUT2D eigenvalue weighted by Gasteiger charge is 2.18. The van der Waals surface area contributed by atoms with Crippen LogP contribution in [0.15, 0.2) is 72.8 Å². The minimum atomic E-state index is -0.885. The van der Waals surface area contributed by atoms with E-state index in [2.05, 4.69) is 5.32 Å². The average molecular weight is 319 g/mol. The first-order chi connectivity index (χ1) is 11.6. The third-order valence-electron chi connectivity index (χ3n) is 3.68. The van der Waals surface area contributed by atoms with Gasteiger partial charge in [0.05, 0.1) is 5.56 Å². The Labute approximate surface area is 140 Å². The van der Waals surface area contributed by atoms with Crippen molar-refractivity contribution in [3.63, 3.8) is 0 Å². The van der Waals surface area contributed by atoms with Crippen LogP contribution in [0.3, 0.4) is 0 Å². The molecular weight excluding hydrogens is 302 g/mol. The zero-order chi connectivity index (χ0) is 16.9. The van der Waals surface area contributed by atoms with E-state index < -0.39 is 12.1 Å². The number of esters is 1. The quantitative estimate of drug-likeness (QED) is 0.739. The number of ether oxygens (including phenoxy) is 1. The molecule has 0 spiro atoms. The van der Waals surface area contributed by atoms with Crippen LogP contribution >= 0.6 is 0 Å². The van der Waals surface area contributed by atoms with Gasteiger partial charge in [0, 0.05) is 5.69 Å². The molecule has 24 heavy (non-hydrogen) atoms. The van der Waals surface area contributed by atoms with Gasteiger partial charge in [-0.3, -0.25) is 4.79 Å². The first-order valence-electron chi connectivity index (χ1n) is 7.69. The Morgan fingerprint density at radius 2 is 1.54 bits per heavy atom. The summed E-state index contributed by atoms with van der Waals surface area (Å²) < 4.78 is 5.21. The van der Waals surface area contributed by atoms with Crippen LogP contribution in [-0.4, -0.2) is 18.0 Å². The van der Waals surface area contributed by atoms with Crippen molar-refractivity contribution in [2.45, 2.75) is 13.0 Å². The molecule has 120 valence electrons. The van der Waals surface area contributed by atoms with Gasteiger partial charge in [0.2, 0.25) is 0 Å². The predicted molar refractivity (Wildman–Crippen MR) is 93.9 cm³/mol. The summed E-state index contributed by atoms with van der Waals surface area (Å²) in [5, 5.41) is 4.90. The Bertz CT molecular complexity index is 874. The number of hydrogen-bond donors (Lipinski definition) is 1. The normalized spacial score (nSPS) is 11.7. The second kappa shape index (κ2) is 6.96. The highest BCUT2D eigenvalue weighted by atomic mass is 16.5. The lowest BCUT2D eigenvalue weighted by atomic mass is 10.1. The Kier molecular flexibility index (Phi) is 4.57. The molecule has 3 rings (SSSR count). The highest BCUT2D eigenvalue weighted by molar-refractivity contribution is 5.98. The number of hydrogen-bond acceptors (Lipinski definition) is 3. The summed E-state index contributed by atoms with van der Waals surface area (Å²) in [6.45, 7) is 1.55. The molecule has 1 N–H and O–H groups in total. The van der Waals surface area contributed by atoms with Crippen molar-refractivity contribution < 1.29 is 14.3 Å². The Balaban J connectivity index is 1.66. The molecule has 0 aliphatic rings. The molecule has 0 radical (unpaired) electrons. The smallest absolute Gasteiger partial charge is 0.338 e. The van der Waals surface area contributed by atoms with Crippen molar-refractivity contribution >= 4 is 28.3 Å². The molecule has 0 unspecified atom stereocenters. The molecule has 0 fully saturated rings. The van der Waals surface area contributed by atoms with E-state index in [0.717, 1.165) is 10.8 Å². The van der Waals surface area contributed by atoms with E-state index in [1.165, 1.54) is 0 Å². The number of carbonyl (C=O) groups excluding carboxylic acids is 2. The van der Waals surface area contributed by atoms with E-state index in [1.54, 1.807) is 31.2 Å². The summed E-state index contributed by atoms with van der Waals surface area (Å²) in [6.07, 6.45) is -0.885. The zero-order valence-electron chi connectivity index (χ0n) is 13.2. The lowest BCUT2D eigenvalue weighted by Gasteiger charge is -2.14. The van der Waals surface area contributed by atoms with Gasteiger partial charge in [0.1, 0.15) is 0 Å². The van der Waals surface area contributed by atoms with Crippen molar-refractivity contribution in [2.24, 2.45) is 0 Å². The minimum absolute atomic E-state index is 0.366. The molecule has 0 bridgehead atoms. The third kappa shape index (κ3) is 3.60. The number of nitrogens with one attached hydrogen (secondary N) is 1. The molecule has 4 heteroatoms. The molecule has 0 aliphatic carbocycles. The fraction of sp³-hybridized carbons (Fsp3) is 0.100. The SMILES string of the molecule is C[C@@H](OC(=O)c1ccccc1)C(=O)Nc1ccc2ccccc2c1. The zero-order valence-corrected chi connectivity index (χ0v) is 13.2. The molecular formula is C20H17NO3. The minimum Gasteiger partial charge on any atom is -0.449 e. The maximum Gasteiger partial charge on any atom is 0.338 e. The number of benzene rings is 3. The van der Waals surface area contributed by atoms with E-state index >= 15 is 0 Å². The van der Waals surface area contributed by atoms with Crippen LogP contribution in [0.4, 0.5) is 5.69 Å². The monoisotopic (exact) mass is 319 g/mol. The number of carbonyl (C=O) groups is 2. The molecule has 4 nitrogen and oxygen atoms in total. The van der Waals surface area contributed by atoms with Gasteiger partial charge in [-0.2, -0.15) is 0 Å². The Hall–Kier alpha value is -3.14. The number of amides is 1. The second-order valence-corrected chi connectivity index (χ2v) is 5.46. The summed E-state index contributed by atoms with van der Waals surface area (Å²) in [6, 6.07) is 22.1. The Morgan fingerprint density at radius 3 is 2.29 bits per heavy atom. The summed E-state index contributed by atoms with van der Waals surface area (Å²) >= 11 is 0. The fourth-order valence-corrected chi connectivity index (χ4v) is 2.37. The molecule has 0 saturated heterocycles. The van der Waals surface area contributed by atoms with Gasteiger partial charge in [-0.15, -0.1) is 0 Å².